The fourth-order valence-electron chi connectivity index (χ4n) is 2.08. The number of aromatic nitrogens is 1. The van der Waals surface area contributed by atoms with Crippen LogP contribution in [0.2, 0.25) is 0 Å². The Balaban J connectivity index is 1.60. The van der Waals surface area contributed by atoms with Gasteiger partial charge in [-0.05, 0) is 24.3 Å². The van der Waals surface area contributed by atoms with Gasteiger partial charge in [-0.25, -0.2) is 0 Å². The van der Waals surface area contributed by atoms with Gasteiger partial charge in [0.15, 0.2) is 11.5 Å². The van der Waals surface area contributed by atoms with Crippen molar-refractivity contribution in [1.82, 2.24) is 9.88 Å². The Kier molecular flexibility index (Phi) is 3.59. The maximum Gasteiger partial charge on any atom is 0.251 e. The number of fused-ring (bicyclic) bond motifs is 1. The normalized spacial score (nSPS) is 12.2. The molecule has 1 amide bonds. The van der Waals surface area contributed by atoms with Gasteiger partial charge in [0.2, 0.25) is 6.79 Å². The van der Waals surface area contributed by atoms with Crippen molar-refractivity contribution in [1.29, 1.82) is 0 Å². The third-order valence-electron chi connectivity index (χ3n) is 3.17. The predicted molar refractivity (Wildman–Crippen MR) is 75.6 cm³/mol. The minimum Gasteiger partial charge on any atom is -0.454 e. The second kappa shape index (κ2) is 5.70. The molecule has 2 aromatic rings. The number of hydrogen-bond donors (Lipinski definition) is 1. The number of rotatable bonds is 4. The summed E-state index contributed by atoms with van der Waals surface area (Å²) in [6.07, 6.45) is 1.69. The molecule has 0 atom stereocenters. The summed E-state index contributed by atoms with van der Waals surface area (Å²) in [6.45, 7) is 0.977. The Bertz CT molecular complexity index is 724. The quantitative estimate of drug-likeness (QED) is 0.910. The number of benzene rings is 1. The number of hydrogen-bond acceptors (Lipinski definition) is 4. The van der Waals surface area contributed by atoms with E-state index in [1.807, 2.05) is 0 Å². The third kappa shape index (κ3) is 2.89. The van der Waals surface area contributed by atoms with Crippen molar-refractivity contribution in [2.45, 2.75) is 6.54 Å². The molecular formula is C15H14N2O4. The molecule has 0 bridgehead atoms. The van der Waals surface area contributed by atoms with E-state index in [0.717, 1.165) is 0 Å². The van der Waals surface area contributed by atoms with Crippen LogP contribution in [0, 0.1) is 0 Å². The van der Waals surface area contributed by atoms with Crippen molar-refractivity contribution < 1.29 is 14.3 Å². The number of ether oxygens (including phenoxy) is 2. The van der Waals surface area contributed by atoms with Gasteiger partial charge in [-0.1, -0.05) is 6.07 Å². The van der Waals surface area contributed by atoms with Crippen molar-refractivity contribution in [3.05, 3.63) is 58.5 Å². The molecule has 6 nitrogen and oxygen atoms in total. The fraction of sp³-hybridized carbons (Fsp3) is 0.200. The van der Waals surface area contributed by atoms with Gasteiger partial charge in [0.05, 0.1) is 0 Å². The number of nitrogens with zero attached hydrogens (tertiary/aromatic N) is 1. The smallest absolute Gasteiger partial charge is 0.251 e. The van der Waals surface area contributed by atoms with Crippen molar-refractivity contribution in [3.8, 4) is 11.5 Å². The first-order chi connectivity index (χ1) is 10.2. The summed E-state index contributed by atoms with van der Waals surface area (Å²) < 4.78 is 12.0. The lowest BCUT2D eigenvalue weighted by Crippen LogP contribution is -2.30. The third-order valence-corrected chi connectivity index (χ3v) is 3.17. The summed E-state index contributed by atoms with van der Waals surface area (Å²) in [5, 5.41) is 2.77. The Morgan fingerprint density at radius 3 is 2.90 bits per heavy atom. The average molecular weight is 286 g/mol. The fourth-order valence-corrected chi connectivity index (χ4v) is 2.08. The van der Waals surface area contributed by atoms with Crippen molar-refractivity contribution in [2.75, 3.05) is 13.3 Å². The van der Waals surface area contributed by atoms with Crippen LogP contribution in [0.5, 0.6) is 11.5 Å². The zero-order valence-corrected chi connectivity index (χ0v) is 11.2. The summed E-state index contributed by atoms with van der Waals surface area (Å²) in [5.41, 5.74) is 0.412. The highest BCUT2D eigenvalue weighted by atomic mass is 16.7. The first kappa shape index (κ1) is 13.2. The maximum atomic E-state index is 12.0. The molecule has 1 aliphatic rings. The van der Waals surface area contributed by atoms with E-state index in [2.05, 4.69) is 5.32 Å². The molecule has 0 aliphatic carbocycles. The molecule has 2 heterocycles. The maximum absolute atomic E-state index is 12.0. The van der Waals surface area contributed by atoms with Gasteiger partial charge in [0.1, 0.15) is 0 Å². The van der Waals surface area contributed by atoms with Gasteiger partial charge in [-0.15, -0.1) is 0 Å². The van der Waals surface area contributed by atoms with Crippen LogP contribution in [-0.4, -0.2) is 23.8 Å². The molecule has 1 N–H and O–H groups in total. The molecule has 108 valence electrons. The molecule has 6 heteroatoms. The van der Waals surface area contributed by atoms with E-state index < -0.39 is 0 Å². The molecule has 0 radical (unpaired) electrons. The monoisotopic (exact) mass is 286 g/mol. The summed E-state index contributed by atoms with van der Waals surface area (Å²) in [7, 11) is 0. The standard InChI is InChI=1S/C15H14N2O4/c18-14-3-1-2-7-17(14)8-6-16-15(19)11-4-5-12-13(9-11)21-10-20-12/h1-5,7,9H,6,8,10H2,(H,16,19). The number of carbonyl (C=O) groups is 1. The lowest BCUT2D eigenvalue weighted by molar-refractivity contribution is 0.0951. The van der Waals surface area contributed by atoms with Crippen LogP contribution in [0.25, 0.3) is 0 Å². The topological polar surface area (TPSA) is 69.6 Å². The molecule has 1 aromatic heterocycles. The van der Waals surface area contributed by atoms with Gasteiger partial charge in [0.25, 0.3) is 11.5 Å². The van der Waals surface area contributed by atoms with E-state index in [0.29, 0.717) is 30.2 Å². The van der Waals surface area contributed by atoms with E-state index in [-0.39, 0.29) is 18.3 Å². The highest BCUT2D eigenvalue weighted by Crippen LogP contribution is 2.32. The minimum absolute atomic E-state index is 0.0881. The van der Waals surface area contributed by atoms with E-state index >= 15 is 0 Å². The average Bonchev–Trinajstić information content (AvgIpc) is 2.96. The molecule has 1 aromatic carbocycles. The number of pyridine rings is 1. The van der Waals surface area contributed by atoms with Gasteiger partial charge in [-0.3, -0.25) is 9.59 Å². The lowest BCUT2D eigenvalue weighted by atomic mass is 10.2. The van der Waals surface area contributed by atoms with Crippen molar-refractivity contribution in [3.63, 3.8) is 0 Å². The highest BCUT2D eigenvalue weighted by molar-refractivity contribution is 5.94. The summed E-state index contributed by atoms with van der Waals surface area (Å²) in [4.78, 5) is 23.5. The summed E-state index contributed by atoms with van der Waals surface area (Å²) in [6, 6.07) is 9.98. The molecule has 1 aliphatic heterocycles. The van der Waals surface area contributed by atoms with Crippen LogP contribution >= 0.6 is 0 Å². The predicted octanol–water partition coefficient (Wildman–Crippen LogP) is 1.01. The van der Waals surface area contributed by atoms with Gasteiger partial charge >= 0.3 is 0 Å². The van der Waals surface area contributed by atoms with Crippen LogP contribution in [-0.2, 0) is 6.54 Å². The van der Waals surface area contributed by atoms with E-state index in [1.54, 1.807) is 41.1 Å². The molecule has 3 rings (SSSR count). The van der Waals surface area contributed by atoms with Crippen LogP contribution < -0.4 is 20.3 Å². The largest absolute Gasteiger partial charge is 0.454 e. The zero-order chi connectivity index (χ0) is 14.7. The van der Waals surface area contributed by atoms with Gasteiger partial charge < -0.3 is 19.4 Å². The Labute approximate surface area is 120 Å². The van der Waals surface area contributed by atoms with Crippen molar-refractivity contribution in [2.24, 2.45) is 0 Å². The van der Waals surface area contributed by atoms with E-state index in [1.165, 1.54) is 6.07 Å². The Morgan fingerprint density at radius 2 is 2.05 bits per heavy atom. The second-order valence-electron chi connectivity index (χ2n) is 4.56. The van der Waals surface area contributed by atoms with Crippen LogP contribution in [0.15, 0.2) is 47.4 Å². The van der Waals surface area contributed by atoms with Crippen LogP contribution in [0.3, 0.4) is 0 Å². The van der Waals surface area contributed by atoms with Crippen LogP contribution in [0.4, 0.5) is 0 Å². The number of amides is 1. The molecule has 0 saturated carbocycles. The molecular weight excluding hydrogens is 272 g/mol. The Hall–Kier alpha value is -2.76. The van der Waals surface area contributed by atoms with E-state index in [4.69, 9.17) is 9.47 Å². The summed E-state index contributed by atoms with van der Waals surface area (Å²) >= 11 is 0. The molecule has 0 unspecified atom stereocenters. The van der Waals surface area contributed by atoms with E-state index in [9.17, 15) is 9.59 Å². The molecule has 0 saturated heterocycles. The lowest BCUT2D eigenvalue weighted by Gasteiger charge is -2.07. The first-order valence-electron chi connectivity index (χ1n) is 6.57. The molecule has 21 heavy (non-hydrogen) atoms. The SMILES string of the molecule is O=C(NCCn1ccccc1=O)c1ccc2c(c1)OCO2. The van der Waals surface area contributed by atoms with Gasteiger partial charge in [-0.2, -0.15) is 0 Å². The second-order valence-corrected chi connectivity index (χ2v) is 4.56. The van der Waals surface area contributed by atoms with Gasteiger partial charge in [0, 0.05) is 30.9 Å². The zero-order valence-electron chi connectivity index (χ0n) is 11.2. The number of nitrogens with one attached hydrogen (secondary N) is 1. The number of carbonyl (C=O) groups excluding carboxylic acids is 1. The molecule has 0 spiro atoms. The Morgan fingerprint density at radius 1 is 1.19 bits per heavy atom. The molecule has 0 fully saturated rings. The first-order valence-corrected chi connectivity index (χ1v) is 6.57. The van der Waals surface area contributed by atoms with Crippen molar-refractivity contribution >= 4 is 5.91 Å². The van der Waals surface area contributed by atoms with Crippen LogP contribution in [0.1, 0.15) is 10.4 Å². The minimum atomic E-state index is -0.211. The summed E-state index contributed by atoms with van der Waals surface area (Å²) in [5.74, 6) is 1.00. The highest BCUT2D eigenvalue weighted by Gasteiger charge is 2.15.